The highest BCUT2D eigenvalue weighted by atomic mass is 19.1. The minimum Gasteiger partial charge on any atom is -0.508 e. The SMILES string of the molecule is C=C(F)/C=C\C(=C)C(C)C(c1ccc(OCC=O)cc1)c1ccc(O)cc1C. The Morgan fingerprint density at radius 3 is 2.43 bits per heavy atom. The van der Waals surface area contributed by atoms with Crippen molar-refractivity contribution in [1.29, 1.82) is 0 Å². The van der Waals surface area contributed by atoms with Crippen LogP contribution in [-0.2, 0) is 4.79 Å². The summed E-state index contributed by atoms with van der Waals surface area (Å²) in [5, 5.41) is 9.78. The van der Waals surface area contributed by atoms with E-state index in [1.54, 1.807) is 18.2 Å². The fraction of sp³-hybridized carbons (Fsp3) is 0.208. The summed E-state index contributed by atoms with van der Waals surface area (Å²) in [5.41, 5.74) is 3.77. The lowest BCUT2D eigenvalue weighted by Crippen LogP contribution is -2.14. The molecule has 146 valence electrons. The summed E-state index contributed by atoms with van der Waals surface area (Å²) in [4.78, 5) is 10.5. The molecule has 0 bridgehead atoms. The molecule has 2 unspecified atom stereocenters. The molecule has 2 rings (SSSR count). The Morgan fingerprint density at radius 1 is 1.18 bits per heavy atom. The van der Waals surface area contributed by atoms with Gasteiger partial charge in [-0.1, -0.05) is 49.9 Å². The van der Waals surface area contributed by atoms with Crippen LogP contribution in [0.1, 0.15) is 29.5 Å². The fourth-order valence-electron chi connectivity index (χ4n) is 3.21. The van der Waals surface area contributed by atoms with Crippen molar-refractivity contribution in [1.82, 2.24) is 0 Å². The summed E-state index contributed by atoms with van der Waals surface area (Å²) in [6, 6.07) is 12.8. The number of aryl methyl sites for hydroxylation is 1. The number of phenolic OH excluding ortho intramolecular Hbond substituents is 1. The monoisotopic (exact) mass is 380 g/mol. The molecule has 2 aromatic carbocycles. The summed E-state index contributed by atoms with van der Waals surface area (Å²) >= 11 is 0. The number of hydrogen-bond acceptors (Lipinski definition) is 3. The van der Waals surface area contributed by atoms with Crippen molar-refractivity contribution in [3.8, 4) is 11.5 Å². The Kier molecular flexibility index (Phi) is 7.33. The Balaban J connectivity index is 2.45. The van der Waals surface area contributed by atoms with E-state index in [-0.39, 0.29) is 24.2 Å². The number of hydrogen-bond donors (Lipinski definition) is 1. The van der Waals surface area contributed by atoms with Crippen molar-refractivity contribution in [3.05, 3.63) is 95.9 Å². The second-order valence-electron chi connectivity index (χ2n) is 6.71. The highest BCUT2D eigenvalue weighted by Gasteiger charge is 2.24. The molecule has 2 atom stereocenters. The molecule has 2 aromatic rings. The summed E-state index contributed by atoms with van der Waals surface area (Å²) < 4.78 is 18.4. The van der Waals surface area contributed by atoms with E-state index in [4.69, 9.17) is 4.74 Å². The van der Waals surface area contributed by atoms with Gasteiger partial charge in [-0.25, -0.2) is 4.39 Å². The molecular weight excluding hydrogens is 355 g/mol. The molecule has 0 aliphatic carbocycles. The van der Waals surface area contributed by atoms with Gasteiger partial charge in [-0.05, 0) is 59.9 Å². The lowest BCUT2D eigenvalue weighted by molar-refractivity contribution is -0.109. The van der Waals surface area contributed by atoms with Crippen LogP contribution in [0.4, 0.5) is 4.39 Å². The largest absolute Gasteiger partial charge is 0.508 e. The molecule has 0 radical (unpaired) electrons. The molecule has 3 nitrogen and oxygen atoms in total. The maximum Gasteiger partial charge on any atom is 0.157 e. The van der Waals surface area contributed by atoms with E-state index in [9.17, 15) is 14.3 Å². The number of rotatable bonds is 9. The number of phenols is 1. The van der Waals surface area contributed by atoms with Crippen LogP contribution in [0.25, 0.3) is 0 Å². The van der Waals surface area contributed by atoms with E-state index in [2.05, 4.69) is 13.2 Å². The molecule has 0 aliphatic rings. The second kappa shape index (κ2) is 9.70. The first-order valence-electron chi connectivity index (χ1n) is 9.00. The molecule has 0 fully saturated rings. The summed E-state index contributed by atoms with van der Waals surface area (Å²) in [6.45, 7) is 11.3. The molecule has 0 spiro atoms. The van der Waals surface area contributed by atoms with Crippen LogP contribution >= 0.6 is 0 Å². The minimum atomic E-state index is -0.526. The number of carbonyl (C=O) groups excluding carboxylic acids is 1. The van der Waals surface area contributed by atoms with Crippen LogP contribution in [-0.4, -0.2) is 18.0 Å². The van der Waals surface area contributed by atoms with Crippen LogP contribution in [0, 0.1) is 12.8 Å². The standard InChI is InChI=1S/C24H25FO3/c1-16(5-6-18(3)25)19(4)24(23-12-9-21(27)15-17(23)2)20-7-10-22(11-8-20)28-14-13-26/h5-13,15,19,24,27H,1,3,14H2,2,4H3/b6-5-. The van der Waals surface area contributed by atoms with Gasteiger partial charge in [0, 0.05) is 5.92 Å². The first-order valence-corrected chi connectivity index (χ1v) is 9.00. The Hall–Kier alpha value is -3.14. The van der Waals surface area contributed by atoms with Crippen molar-refractivity contribution < 1.29 is 19.0 Å². The number of halogens is 1. The highest BCUT2D eigenvalue weighted by molar-refractivity contribution is 5.51. The van der Waals surface area contributed by atoms with Gasteiger partial charge < -0.3 is 9.84 Å². The molecule has 0 saturated carbocycles. The third-order valence-electron chi connectivity index (χ3n) is 4.71. The zero-order chi connectivity index (χ0) is 20.7. The maximum atomic E-state index is 13.0. The highest BCUT2D eigenvalue weighted by Crippen LogP contribution is 2.39. The maximum absolute atomic E-state index is 13.0. The molecule has 28 heavy (non-hydrogen) atoms. The topological polar surface area (TPSA) is 46.5 Å². The van der Waals surface area contributed by atoms with Gasteiger partial charge in [0.1, 0.15) is 23.9 Å². The van der Waals surface area contributed by atoms with Crippen molar-refractivity contribution in [2.24, 2.45) is 5.92 Å². The van der Waals surface area contributed by atoms with Gasteiger partial charge in [-0.15, -0.1) is 0 Å². The van der Waals surface area contributed by atoms with E-state index >= 15 is 0 Å². The smallest absolute Gasteiger partial charge is 0.157 e. The van der Waals surface area contributed by atoms with E-state index in [1.807, 2.05) is 44.2 Å². The van der Waals surface area contributed by atoms with E-state index in [0.29, 0.717) is 12.0 Å². The second-order valence-corrected chi connectivity index (χ2v) is 6.71. The predicted molar refractivity (Wildman–Crippen MR) is 110 cm³/mol. The van der Waals surface area contributed by atoms with Crippen LogP contribution in [0.2, 0.25) is 0 Å². The van der Waals surface area contributed by atoms with E-state index in [0.717, 1.165) is 22.3 Å². The first kappa shape index (κ1) is 21.2. The molecule has 1 N–H and O–H groups in total. The normalized spacial score (nSPS) is 13.1. The zero-order valence-electron chi connectivity index (χ0n) is 16.2. The third-order valence-corrected chi connectivity index (χ3v) is 4.71. The zero-order valence-corrected chi connectivity index (χ0v) is 16.2. The Bertz CT molecular complexity index is 881. The fourth-order valence-corrected chi connectivity index (χ4v) is 3.21. The predicted octanol–water partition coefficient (Wildman–Crippen LogP) is 5.64. The molecule has 4 heteroatoms. The van der Waals surface area contributed by atoms with Crippen molar-refractivity contribution in [2.45, 2.75) is 19.8 Å². The van der Waals surface area contributed by atoms with Crippen molar-refractivity contribution >= 4 is 6.29 Å². The summed E-state index contributed by atoms with van der Waals surface area (Å²) in [7, 11) is 0. The van der Waals surface area contributed by atoms with Gasteiger partial charge in [-0.2, -0.15) is 0 Å². The lowest BCUT2D eigenvalue weighted by atomic mass is 9.77. The van der Waals surface area contributed by atoms with Crippen LogP contribution < -0.4 is 4.74 Å². The van der Waals surface area contributed by atoms with Crippen LogP contribution in [0.3, 0.4) is 0 Å². The molecule has 0 aromatic heterocycles. The van der Waals surface area contributed by atoms with Crippen molar-refractivity contribution in [2.75, 3.05) is 6.61 Å². The van der Waals surface area contributed by atoms with Gasteiger partial charge in [0.25, 0.3) is 0 Å². The molecule has 0 saturated heterocycles. The lowest BCUT2D eigenvalue weighted by Gasteiger charge is -2.27. The number of aldehydes is 1. The van der Waals surface area contributed by atoms with Crippen molar-refractivity contribution in [3.63, 3.8) is 0 Å². The Labute approximate surface area is 165 Å². The van der Waals surface area contributed by atoms with Gasteiger partial charge in [0.15, 0.2) is 6.29 Å². The molecular formula is C24H25FO3. The molecule has 0 amide bonds. The number of allylic oxidation sites excluding steroid dienone is 4. The molecule has 0 heterocycles. The van der Waals surface area contributed by atoms with Gasteiger partial charge in [-0.3, -0.25) is 4.79 Å². The van der Waals surface area contributed by atoms with Crippen LogP contribution in [0.5, 0.6) is 11.5 Å². The number of aromatic hydroxyl groups is 1. The quantitative estimate of drug-likeness (QED) is 0.452. The number of benzene rings is 2. The average Bonchev–Trinajstić information content (AvgIpc) is 2.67. The Morgan fingerprint density at radius 2 is 1.86 bits per heavy atom. The van der Waals surface area contributed by atoms with E-state index in [1.165, 1.54) is 6.08 Å². The molecule has 0 aliphatic heterocycles. The number of ether oxygens (including phenoxy) is 1. The van der Waals surface area contributed by atoms with E-state index < -0.39 is 5.83 Å². The number of carbonyl (C=O) groups is 1. The summed E-state index contributed by atoms with van der Waals surface area (Å²) in [5.74, 6) is 0.184. The van der Waals surface area contributed by atoms with Gasteiger partial charge in [0.2, 0.25) is 0 Å². The first-order chi connectivity index (χ1) is 13.3. The van der Waals surface area contributed by atoms with Gasteiger partial charge in [0.05, 0.1) is 0 Å². The minimum absolute atomic E-state index is 0.00493. The van der Waals surface area contributed by atoms with Crippen LogP contribution in [0.15, 0.2) is 79.2 Å². The third kappa shape index (κ3) is 5.43. The summed E-state index contributed by atoms with van der Waals surface area (Å²) in [6.07, 6.45) is 3.64. The van der Waals surface area contributed by atoms with Gasteiger partial charge >= 0.3 is 0 Å². The average molecular weight is 380 g/mol.